The molecule has 0 bridgehead atoms. The minimum Gasteiger partial charge on any atom is -0.311 e. The smallest absolute Gasteiger partial charge is 0.255 e. The van der Waals surface area contributed by atoms with Gasteiger partial charge in [-0.3, -0.25) is 9.59 Å². The van der Waals surface area contributed by atoms with E-state index < -0.39 is 5.92 Å². The van der Waals surface area contributed by atoms with Gasteiger partial charge in [-0.1, -0.05) is 78.9 Å². The fourth-order valence-electron chi connectivity index (χ4n) is 3.27. The van der Waals surface area contributed by atoms with Crippen LogP contribution < -0.4 is 10.3 Å². The van der Waals surface area contributed by atoms with Gasteiger partial charge in [-0.2, -0.15) is 10.1 Å². The molecule has 0 saturated heterocycles. The number of rotatable bonds is 4. The van der Waals surface area contributed by atoms with Crippen molar-refractivity contribution in [1.82, 2.24) is 5.32 Å². The maximum atomic E-state index is 13.1. The fourth-order valence-corrected chi connectivity index (χ4v) is 3.27. The first-order valence-electron chi connectivity index (χ1n) is 9.08. The topological polar surface area (TPSA) is 61.8 Å². The first kappa shape index (κ1) is 17.7. The zero-order valence-corrected chi connectivity index (χ0v) is 15.2. The van der Waals surface area contributed by atoms with Gasteiger partial charge < -0.3 is 5.32 Å². The van der Waals surface area contributed by atoms with Gasteiger partial charge in [0.15, 0.2) is 0 Å². The molecule has 0 unspecified atom stereocenters. The first-order valence-corrected chi connectivity index (χ1v) is 9.08. The molecule has 0 aliphatic carbocycles. The molecule has 0 aromatic heterocycles. The number of para-hydroxylation sites is 1. The standard InChI is InChI=1S/C23H19N3O2/c27-21-16-20(25-26(21)19-14-8-3-9-15-19)24-23(28)22(17-10-4-1-5-11-17)18-12-6-2-7-13-18/h1-15,22H,16H2,(H,24,25,28). The summed E-state index contributed by atoms with van der Waals surface area (Å²) < 4.78 is 0. The van der Waals surface area contributed by atoms with Crippen LogP contribution >= 0.6 is 0 Å². The molecule has 1 aliphatic rings. The number of anilines is 1. The number of carbonyl (C=O) groups excluding carboxylic acids is 2. The molecular weight excluding hydrogens is 350 g/mol. The van der Waals surface area contributed by atoms with Crippen LogP contribution in [0.5, 0.6) is 0 Å². The van der Waals surface area contributed by atoms with Crippen LogP contribution in [-0.2, 0) is 9.59 Å². The van der Waals surface area contributed by atoms with E-state index in [1.54, 1.807) is 0 Å². The molecule has 3 aromatic carbocycles. The summed E-state index contributed by atoms with van der Waals surface area (Å²) in [6.07, 6.45) is 0.0664. The molecule has 0 radical (unpaired) electrons. The number of amides is 2. The number of nitrogens with zero attached hydrogens (tertiary/aromatic N) is 2. The SMILES string of the molecule is O=C(NC1=NN(c2ccccc2)C(=O)C1)C(c1ccccc1)c1ccccc1. The van der Waals surface area contributed by atoms with E-state index >= 15 is 0 Å². The normalized spacial score (nSPS) is 13.5. The molecule has 0 spiro atoms. The van der Waals surface area contributed by atoms with Crippen molar-refractivity contribution in [3.05, 3.63) is 102 Å². The van der Waals surface area contributed by atoms with Crippen molar-refractivity contribution in [1.29, 1.82) is 0 Å². The number of hydrogen-bond acceptors (Lipinski definition) is 3. The quantitative estimate of drug-likeness (QED) is 0.762. The summed E-state index contributed by atoms with van der Waals surface area (Å²) in [6, 6.07) is 28.4. The van der Waals surface area contributed by atoms with Crippen molar-refractivity contribution in [2.75, 3.05) is 5.01 Å². The summed E-state index contributed by atoms with van der Waals surface area (Å²) in [6.45, 7) is 0. The summed E-state index contributed by atoms with van der Waals surface area (Å²) in [5, 5.41) is 8.50. The highest BCUT2D eigenvalue weighted by Crippen LogP contribution is 2.25. The van der Waals surface area contributed by atoms with Crippen LogP contribution in [-0.4, -0.2) is 17.6 Å². The van der Waals surface area contributed by atoms with Crippen LogP contribution in [0.25, 0.3) is 0 Å². The molecule has 3 aromatic rings. The van der Waals surface area contributed by atoms with Gasteiger partial charge in [0.05, 0.1) is 18.0 Å². The predicted octanol–water partition coefficient (Wildman–Crippen LogP) is 3.69. The Kier molecular flexibility index (Phi) is 4.97. The Balaban J connectivity index is 1.59. The molecule has 1 N–H and O–H groups in total. The van der Waals surface area contributed by atoms with E-state index in [1.165, 1.54) is 5.01 Å². The fraction of sp³-hybridized carbons (Fsp3) is 0.0870. The lowest BCUT2D eigenvalue weighted by molar-refractivity contribution is -0.120. The Bertz CT molecular complexity index is 962. The number of hydrogen-bond donors (Lipinski definition) is 1. The highest BCUT2D eigenvalue weighted by Gasteiger charge is 2.29. The molecule has 1 aliphatic heterocycles. The van der Waals surface area contributed by atoms with Crippen molar-refractivity contribution in [2.24, 2.45) is 5.10 Å². The highest BCUT2D eigenvalue weighted by atomic mass is 16.2. The third kappa shape index (κ3) is 3.69. The lowest BCUT2D eigenvalue weighted by atomic mass is 9.90. The van der Waals surface area contributed by atoms with Crippen molar-refractivity contribution in [3.63, 3.8) is 0 Å². The number of carbonyl (C=O) groups is 2. The molecule has 5 nitrogen and oxygen atoms in total. The minimum atomic E-state index is -0.481. The van der Waals surface area contributed by atoms with Crippen LogP contribution in [0.4, 0.5) is 5.69 Å². The number of amidine groups is 1. The molecule has 28 heavy (non-hydrogen) atoms. The molecule has 0 saturated carbocycles. The minimum absolute atomic E-state index is 0.0664. The highest BCUT2D eigenvalue weighted by molar-refractivity contribution is 6.16. The average molecular weight is 369 g/mol. The molecule has 0 atom stereocenters. The van der Waals surface area contributed by atoms with Crippen LogP contribution in [0.2, 0.25) is 0 Å². The number of hydrazone groups is 1. The van der Waals surface area contributed by atoms with Gasteiger partial charge in [0.25, 0.3) is 5.91 Å². The van der Waals surface area contributed by atoms with Gasteiger partial charge in [-0.15, -0.1) is 0 Å². The second-order valence-electron chi connectivity index (χ2n) is 6.51. The van der Waals surface area contributed by atoms with Crippen LogP contribution in [0, 0.1) is 0 Å². The van der Waals surface area contributed by atoms with Crippen molar-refractivity contribution >= 4 is 23.3 Å². The van der Waals surface area contributed by atoms with E-state index in [4.69, 9.17) is 0 Å². The molecule has 4 rings (SSSR count). The first-order chi connectivity index (χ1) is 13.7. The van der Waals surface area contributed by atoms with Gasteiger partial charge in [0.1, 0.15) is 5.84 Å². The second-order valence-corrected chi connectivity index (χ2v) is 6.51. The monoisotopic (exact) mass is 369 g/mol. The Morgan fingerprint density at radius 1 is 0.821 bits per heavy atom. The molecule has 1 heterocycles. The van der Waals surface area contributed by atoms with E-state index in [-0.39, 0.29) is 18.2 Å². The van der Waals surface area contributed by atoms with Crippen LogP contribution in [0.15, 0.2) is 96.1 Å². The third-order valence-electron chi connectivity index (χ3n) is 4.57. The van der Waals surface area contributed by atoms with Gasteiger partial charge in [-0.25, -0.2) is 0 Å². The summed E-state index contributed by atoms with van der Waals surface area (Å²) >= 11 is 0. The summed E-state index contributed by atoms with van der Waals surface area (Å²) in [5.74, 6) is -0.502. The van der Waals surface area contributed by atoms with Crippen molar-refractivity contribution < 1.29 is 9.59 Å². The summed E-state index contributed by atoms with van der Waals surface area (Å²) in [7, 11) is 0. The van der Waals surface area contributed by atoms with E-state index in [1.807, 2.05) is 91.0 Å². The van der Waals surface area contributed by atoms with E-state index in [0.29, 0.717) is 11.5 Å². The second kappa shape index (κ2) is 7.88. The lowest BCUT2D eigenvalue weighted by Gasteiger charge is -2.17. The zero-order valence-electron chi connectivity index (χ0n) is 15.2. The number of benzene rings is 3. The Labute approximate surface area is 163 Å². The maximum Gasteiger partial charge on any atom is 0.255 e. The van der Waals surface area contributed by atoms with Gasteiger partial charge in [0.2, 0.25) is 5.91 Å². The van der Waals surface area contributed by atoms with Crippen LogP contribution in [0.3, 0.4) is 0 Å². The molecule has 0 fully saturated rings. The molecule has 5 heteroatoms. The summed E-state index contributed by atoms with van der Waals surface area (Å²) in [4.78, 5) is 25.5. The largest absolute Gasteiger partial charge is 0.311 e. The zero-order chi connectivity index (χ0) is 19.3. The summed E-state index contributed by atoms with van der Waals surface area (Å²) in [5.41, 5.74) is 2.45. The maximum absolute atomic E-state index is 13.1. The van der Waals surface area contributed by atoms with Crippen molar-refractivity contribution in [2.45, 2.75) is 12.3 Å². The van der Waals surface area contributed by atoms with E-state index in [2.05, 4.69) is 10.4 Å². The van der Waals surface area contributed by atoms with E-state index in [9.17, 15) is 9.59 Å². The molecule has 138 valence electrons. The predicted molar refractivity (Wildman–Crippen MR) is 109 cm³/mol. The lowest BCUT2D eigenvalue weighted by Crippen LogP contribution is -2.34. The Morgan fingerprint density at radius 2 is 1.32 bits per heavy atom. The van der Waals surface area contributed by atoms with Gasteiger partial charge in [-0.05, 0) is 23.3 Å². The number of nitrogens with one attached hydrogen (secondary N) is 1. The Hall–Kier alpha value is -3.73. The van der Waals surface area contributed by atoms with Gasteiger partial charge >= 0.3 is 0 Å². The van der Waals surface area contributed by atoms with Crippen LogP contribution in [0.1, 0.15) is 23.5 Å². The van der Waals surface area contributed by atoms with Gasteiger partial charge in [0, 0.05) is 0 Å². The molecule has 2 amide bonds. The third-order valence-corrected chi connectivity index (χ3v) is 4.57. The van der Waals surface area contributed by atoms with Crippen molar-refractivity contribution in [3.8, 4) is 0 Å². The Morgan fingerprint density at radius 3 is 1.86 bits per heavy atom. The molecular formula is C23H19N3O2. The average Bonchev–Trinajstić information content (AvgIpc) is 3.10. The van der Waals surface area contributed by atoms with E-state index in [0.717, 1.165) is 11.1 Å².